The second-order valence-corrected chi connectivity index (χ2v) is 6.63. The first kappa shape index (κ1) is 18.5. The molecule has 0 spiro atoms. The van der Waals surface area contributed by atoms with Crippen LogP contribution < -0.4 is 10.9 Å². The van der Waals surface area contributed by atoms with E-state index in [9.17, 15) is 22.8 Å². The Kier molecular flexibility index (Phi) is 5.08. The smallest absolute Gasteiger partial charge is 0.324 e. The third kappa shape index (κ3) is 3.62. The van der Waals surface area contributed by atoms with Crippen LogP contribution >= 0.6 is 11.8 Å². The topological polar surface area (TPSA) is 64.0 Å². The molecule has 0 atom stereocenters. The van der Waals surface area contributed by atoms with Crippen LogP contribution in [-0.4, -0.2) is 21.7 Å². The van der Waals surface area contributed by atoms with E-state index in [0.29, 0.717) is 17.1 Å². The highest BCUT2D eigenvalue weighted by Gasteiger charge is 2.33. The van der Waals surface area contributed by atoms with Crippen LogP contribution in [0.15, 0.2) is 34.2 Å². The van der Waals surface area contributed by atoms with Crippen LogP contribution in [0, 0.1) is 0 Å². The monoisotopic (exact) mass is 383 g/mol. The summed E-state index contributed by atoms with van der Waals surface area (Å²) in [6.45, 7) is -0.387. The van der Waals surface area contributed by atoms with Gasteiger partial charge in [0, 0.05) is 5.56 Å². The van der Waals surface area contributed by atoms with E-state index in [0.717, 1.165) is 24.6 Å². The van der Waals surface area contributed by atoms with Gasteiger partial charge in [-0.05, 0) is 37.7 Å². The summed E-state index contributed by atoms with van der Waals surface area (Å²) >= 11 is 1.22. The Labute approximate surface area is 151 Å². The SMILES string of the molecule is CSc1nc2c(c(=O)n1CC(=O)Nc1ccccc1C(F)(F)F)CCC2. The molecule has 0 saturated heterocycles. The van der Waals surface area contributed by atoms with Crippen LogP contribution in [0.5, 0.6) is 0 Å². The number of hydrogen-bond acceptors (Lipinski definition) is 4. The summed E-state index contributed by atoms with van der Waals surface area (Å²) in [6, 6.07) is 4.73. The van der Waals surface area contributed by atoms with Crippen molar-refractivity contribution in [3.05, 3.63) is 51.4 Å². The third-order valence-electron chi connectivity index (χ3n) is 4.14. The van der Waals surface area contributed by atoms with Crippen molar-refractivity contribution >= 4 is 23.4 Å². The zero-order valence-corrected chi connectivity index (χ0v) is 14.7. The van der Waals surface area contributed by atoms with Crippen LogP contribution in [0.3, 0.4) is 0 Å². The maximum Gasteiger partial charge on any atom is 0.418 e. The van der Waals surface area contributed by atoms with Crippen molar-refractivity contribution in [1.82, 2.24) is 9.55 Å². The Morgan fingerprint density at radius 3 is 2.73 bits per heavy atom. The number of alkyl halides is 3. The first-order chi connectivity index (χ1) is 12.3. The summed E-state index contributed by atoms with van der Waals surface area (Å²) in [5.41, 5.74) is -0.225. The van der Waals surface area contributed by atoms with Crippen molar-refractivity contribution in [2.75, 3.05) is 11.6 Å². The van der Waals surface area contributed by atoms with E-state index in [2.05, 4.69) is 10.3 Å². The minimum atomic E-state index is -4.58. The van der Waals surface area contributed by atoms with Gasteiger partial charge in [-0.3, -0.25) is 14.2 Å². The van der Waals surface area contributed by atoms with Gasteiger partial charge in [0.15, 0.2) is 5.16 Å². The fraction of sp³-hybridized carbons (Fsp3) is 0.353. The number of hydrogen-bond donors (Lipinski definition) is 1. The summed E-state index contributed by atoms with van der Waals surface area (Å²) in [6.07, 6.45) is -0.685. The lowest BCUT2D eigenvalue weighted by Gasteiger charge is -2.15. The first-order valence-corrected chi connectivity index (χ1v) is 9.16. The van der Waals surface area contributed by atoms with E-state index in [1.807, 2.05) is 0 Å². The number of carbonyl (C=O) groups excluding carboxylic acids is 1. The summed E-state index contributed by atoms with van der Waals surface area (Å²) in [7, 11) is 0. The standard InChI is InChI=1S/C17H16F3N3O2S/c1-26-16-22-12-8-4-5-10(12)15(25)23(16)9-14(24)21-13-7-3-2-6-11(13)17(18,19)20/h2-3,6-7H,4-5,8-9H2,1H3,(H,21,24). The quantitative estimate of drug-likeness (QED) is 0.651. The van der Waals surface area contributed by atoms with E-state index in [1.54, 1.807) is 6.26 Å². The van der Waals surface area contributed by atoms with Gasteiger partial charge in [-0.2, -0.15) is 13.2 Å². The van der Waals surface area contributed by atoms with E-state index >= 15 is 0 Å². The third-order valence-corrected chi connectivity index (χ3v) is 4.82. The molecule has 0 fully saturated rings. The van der Waals surface area contributed by atoms with E-state index < -0.39 is 17.6 Å². The van der Waals surface area contributed by atoms with Gasteiger partial charge in [0.25, 0.3) is 5.56 Å². The summed E-state index contributed by atoms with van der Waals surface area (Å²) < 4.78 is 40.3. The molecule has 1 aliphatic rings. The highest BCUT2D eigenvalue weighted by Crippen LogP contribution is 2.34. The van der Waals surface area contributed by atoms with Gasteiger partial charge in [0.05, 0.1) is 16.9 Å². The van der Waals surface area contributed by atoms with Gasteiger partial charge >= 0.3 is 6.18 Å². The number of nitrogens with zero attached hydrogens (tertiary/aromatic N) is 2. The average Bonchev–Trinajstić information content (AvgIpc) is 3.05. The summed E-state index contributed by atoms with van der Waals surface area (Å²) in [4.78, 5) is 29.3. The summed E-state index contributed by atoms with van der Waals surface area (Å²) in [5, 5.41) is 2.64. The largest absolute Gasteiger partial charge is 0.418 e. The molecule has 1 heterocycles. The number of aromatic nitrogens is 2. The predicted molar refractivity (Wildman–Crippen MR) is 92.4 cm³/mol. The Morgan fingerprint density at radius 1 is 1.31 bits per heavy atom. The fourth-order valence-corrected chi connectivity index (χ4v) is 3.54. The number of amides is 1. The molecule has 0 bridgehead atoms. The second kappa shape index (κ2) is 7.14. The number of rotatable bonds is 4. The van der Waals surface area contributed by atoms with Crippen LogP contribution in [0.4, 0.5) is 18.9 Å². The number of benzene rings is 1. The van der Waals surface area contributed by atoms with Crippen molar-refractivity contribution in [3.63, 3.8) is 0 Å². The van der Waals surface area contributed by atoms with Crippen molar-refractivity contribution in [3.8, 4) is 0 Å². The number of halogens is 3. The highest BCUT2D eigenvalue weighted by molar-refractivity contribution is 7.98. The number of anilines is 1. The van der Waals surface area contributed by atoms with E-state index in [4.69, 9.17) is 0 Å². The normalized spacial score (nSPS) is 13.5. The van der Waals surface area contributed by atoms with Crippen LogP contribution in [-0.2, 0) is 30.4 Å². The highest BCUT2D eigenvalue weighted by atomic mass is 32.2. The molecule has 2 aromatic rings. The number of aryl methyl sites for hydroxylation is 1. The fourth-order valence-electron chi connectivity index (χ4n) is 2.98. The van der Waals surface area contributed by atoms with Crippen LogP contribution in [0.25, 0.3) is 0 Å². The Morgan fingerprint density at radius 2 is 2.04 bits per heavy atom. The van der Waals surface area contributed by atoms with Gasteiger partial charge in [0.1, 0.15) is 6.54 Å². The average molecular weight is 383 g/mol. The van der Waals surface area contributed by atoms with E-state index in [1.165, 1.54) is 34.5 Å². The maximum absolute atomic E-state index is 13.0. The van der Waals surface area contributed by atoms with Crippen LogP contribution in [0.1, 0.15) is 23.2 Å². The lowest BCUT2D eigenvalue weighted by atomic mass is 10.1. The number of fused-ring (bicyclic) bond motifs is 1. The van der Waals surface area contributed by atoms with Crippen LogP contribution in [0.2, 0.25) is 0 Å². The van der Waals surface area contributed by atoms with Gasteiger partial charge in [-0.15, -0.1) is 0 Å². The Balaban J connectivity index is 1.88. The molecule has 9 heteroatoms. The Hall–Kier alpha value is -2.29. The van der Waals surface area contributed by atoms with Crippen molar-refractivity contribution in [2.24, 2.45) is 0 Å². The molecule has 1 aromatic heterocycles. The molecule has 1 aromatic carbocycles. The number of thioether (sulfide) groups is 1. The van der Waals surface area contributed by atoms with Crippen molar-refractivity contribution < 1.29 is 18.0 Å². The zero-order chi connectivity index (χ0) is 18.9. The molecule has 26 heavy (non-hydrogen) atoms. The maximum atomic E-state index is 13.0. The molecule has 1 amide bonds. The molecular weight excluding hydrogens is 367 g/mol. The first-order valence-electron chi connectivity index (χ1n) is 7.94. The lowest BCUT2D eigenvalue weighted by molar-refractivity contribution is -0.137. The lowest BCUT2D eigenvalue weighted by Crippen LogP contribution is -2.32. The molecule has 1 N–H and O–H groups in total. The van der Waals surface area contributed by atoms with Gasteiger partial charge in [-0.25, -0.2) is 4.98 Å². The minimum absolute atomic E-state index is 0.295. The molecule has 1 aliphatic carbocycles. The van der Waals surface area contributed by atoms with E-state index in [-0.39, 0.29) is 17.8 Å². The Bertz CT molecular complexity index is 909. The molecule has 0 unspecified atom stereocenters. The molecule has 0 aliphatic heterocycles. The molecule has 5 nitrogen and oxygen atoms in total. The second-order valence-electron chi connectivity index (χ2n) is 5.86. The molecule has 138 valence electrons. The molecule has 3 rings (SSSR count). The van der Waals surface area contributed by atoms with Gasteiger partial charge in [-0.1, -0.05) is 23.9 Å². The molecule has 0 saturated carbocycles. The summed E-state index contributed by atoms with van der Waals surface area (Å²) in [5.74, 6) is -0.709. The van der Waals surface area contributed by atoms with Gasteiger partial charge in [0.2, 0.25) is 5.91 Å². The van der Waals surface area contributed by atoms with Crippen molar-refractivity contribution in [2.45, 2.75) is 37.1 Å². The van der Waals surface area contributed by atoms with Gasteiger partial charge < -0.3 is 5.32 Å². The number of carbonyl (C=O) groups is 1. The number of para-hydroxylation sites is 1. The van der Waals surface area contributed by atoms with Crippen molar-refractivity contribution in [1.29, 1.82) is 0 Å². The minimum Gasteiger partial charge on any atom is -0.324 e. The predicted octanol–water partition coefficient (Wildman–Crippen LogP) is 3.11. The zero-order valence-electron chi connectivity index (χ0n) is 13.9. The number of nitrogens with one attached hydrogen (secondary N) is 1. The molecule has 0 radical (unpaired) electrons. The molecular formula is C17H16F3N3O2S.